The van der Waals surface area contributed by atoms with Crippen molar-refractivity contribution in [2.75, 3.05) is 27.8 Å². The zero-order valence-corrected chi connectivity index (χ0v) is 42.8. The third kappa shape index (κ3) is 12.0. The molecule has 0 radical (unpaired) electrons. The van der Waals surface area contributed by atoms with E-state index in [0.29, 0.717) is 45.4 Å². The Kier molecular flexibility index (Phi) is 19.4. The summed E-state index contributed by atoms with van der Waals surface area (Å²) < 4.78 is 32.5. The third-order valence-electron chi connectivity index (χ3n) is 10.2. The second-order valence-electron chi connectivity index (χ2n) is 13.8. The van der Waals surface area contributed by atoms with Crippen molar-refractivity contribution in [3.8, 4) is 56.8 Å². The van der Waals surface area contributed by atoms with Gasteiger partial charge < -0.3 is 40.0 Å². The molecule has 0 N–H and O–H groups in total. The minimum atomic E-state index is -0.272. The molecule has 6 aromatic carbocycles. The van der Waals surface area contributed by atoms with Gasteiger partial charge in [0.2, 0.25) is 13.6 Å². The van der Waals surface area contributed by atoms with Crippen molar-refractivity contribution in [2.45, 2.75) is 18.8 Å². The first-order valence-corrected chi connectivity index (χ1v) is 19.7. The van der Waals surface area contributed by atoms with Crippen molar-refractivity contribution in [2.24, 2.45) is 0 Å². The molecule has 1 aliphatic carbocycles. The molecule has 0 fully saturated rings. The van der Waals surface area contributed by atoms with Crippen molar-refractivity contribution in [1.82, 2.24) is 4.90 Å². The summed E-state index contributed by atoms with van der Waals surface area (Å²) in [6.45, 7) is 0.487. The summed E-state index contributed by atoms with van der Waals surface area (Å²) in [6.07, 6.45) is 0.0549. The SMILES string of the molecule is COc1ccc(CCl)cc1-c1ccc2c(c1)OCO2.COc1ccc(CN2C(=O)c3ccccc3C2=O)cc1-c1ccc2c(c1)OCO2.O=C1CC(=O)c2ccccc21.O=CO[O-].[H-].[K+].[K+]. The Morgan fingerprint density at radius 2 is 1.00 bits per heavy atom. The van der Waals surface area contributed by atoms with Crippen LogP contribution in [0.15, 0.2) is 121 Å². The second kappa shape index (κ2) is 24.4. The normalized spacial score (nSPS) is 13.0. The number of alkyl halides is 1. The predicted molar refractivity (Wildman–Crippen MR) is 227 cm³/mol. The molecule has 0 unspecified atom stereocenters. The number of hydrogen-bond donors (Lipinski definition) is 0. The first-order chi connectivity index (χ1) is 30.7. The summed E-state index contributed by atoms with van der Waals surface area (Å²) in [6, 6.07) is 36.9. The van der Waals surface area contributed by atoms with Crippen LogP contribution < -0.4 is 136 Å². The van der Waals surface area contributed by atoms with E-state index in [0.717, 1.165) is 50.6 Å². The van der Waals surface area contributed by atoms with Gasteiger partial charge in [0.1, 0.15) is 11.5 Å². The predicted octanol–water partition coefficient (Wildman–Crippen LogP) is 1.73. The number of Topliss-reactive ketones (excluding diaryl/α,β-unsaturated/α-hetero) is 2. The molecule has 65 heavy (non-hydrogen) atoms. The fourth-order valence-corrected chi connectivity index (χ4v) is 7.31. The van der Waals surface area contributed by atoms with Crippen LogP contribution in [0.3, 0.4) is 0 Å². The second-order valence-corrected chi connectivity index (χ2v) is 14.1. The third-order valence-corrected chi connectivity index (χ3v) is 10.5. The van der Waals surface area contributed by atoms with Crippen LogP contribution in [0.25, 0.3) is 22.3 Å². The first-order valence-electron chi connectivity index (χ1n) is 19.2. The van der Waals surface area contributed by atoms with Crippen LogP contribution in [0.5, 0.6) is 34.5 Å². The monoisotopic (exact) mass is 949 g/mol. The zero-order valence-electron chi connectivity index (χ0n) is 36.8. The molecule has 17 heteroatoms. The van der Waals surface area contributed by atoms with Crippen LogP contribution in [0.1, 0.15) is 60.4 Å². The molecular weight excluding hydrogens is 912 g/mol. The van der Waals surface area contributed by atoms with E-state index in [-0.39, 0.29) is 161 Å². The maximum Gasteiger partial charge on any atom is 1.00 e. The summed E-state index contributed by atoms with van der Waals surface area (Å²) in [4.78, 5) is 60.0. The van der Waals surface area contributed by atoms with Crippen LogP contribution in [0.2, 0.25) is 0 Å². The molecule has 4 aliphatic rings. The number of ketones is 2. The van der Waals surface area contributed by atoms with Crippen molar-refractivity contribution in [3.05, 3.63) is 155 Å². The van der Waals surface area contributed by atoms with Gasteiger partial charge in [0, 0.05) is 28.1 Å². The van der Waals surface area contributed by atoms with E-state index in [9.17, 15) is 19.2 Å². The number of benzene rings is 6. The molecular formula is C48H38ClK2NO13. The van der Waals surface area contributed by atoms with E-state index in [1.54, 1.807) is 62.8 Å². The smallest absolute Gasteiger partial charge is 1.00 e. The van der Waals surface area contributed by atoms with Crippen molar-refractivity contribution in [3.63, 3.8) is 0 Å². The Morgan fingerprint density at radius 1 is 0.585 bits per heavy atom. The Balaban J connectivity index is 0.000000222. The van der Waals surface area contributed by atoms with Crippen LogP contribution >= 0.6 is 11.6 Å². The summed E-state index contributed by atoms with van der Waals surface area (Å²) in [5.41, 5.74) is 7.70. The fourth-order valence-electron chi connectivity index (χ4n) is 7.14. The van der Waals surface area contributed by atoms with E-state index in [1.807, 2.05) is 72.8 Å². The molecule has 6 aromatic rings. The van der Waals surface area contributed by atoms with Gasteiger partial charge in [-0.1, -0.05) is 60.7 Å². The van der Waals surface area contributed by atoms with E-state index >= 15 is 0 Å². The standard InChI is InChI=1S/C23H17NO5.C15H13ClO3.C9H6O2.CH2O3.2K.H/c1-27-19-8-6-14(10-18(19)15-7-9-20-21(11-15)29-13-28-20)12-24-22(25)16-4-2-3-5-17(16)23(24)26;1-17-13-4-2-10(8-16)6-12(13)11-3-5-14-15(7-11)19-9-18-14;10-8-5-9(11)7-4-2-1-3-6(7)8;2-1-4-3;;;/h2-11H,12-13H2,1H3;2-7H,8-9H2,1H3;1-4H,5H2;1,3H;;;/q;;;;2*+1;-1/p-1. The van der Waals surface area contributed by atoms with Crippen molar-refractivity contribution >= 4 is 41.5 Å². The molecule has 10 rings (SSSR count). The number of hydrogen-bond acceptors (Lipinski definition) is 13. The number of imide groups is 1. The number of halogens is 1. The average molecular weight is 950 g/mol. The van der Waals surface area contributed by atoms with Gasteiger partial charge in [-0.2, -0.15) is 0 Å². The van der Waals surface area contributed by atoms with Crippen molar-refractivity contribution in [1.29, 1.82) is 0 Å². The molecule has 0 saturated heterocycles. The number of ether oxygens (including phenoxy) is 6. The van der Waals surface area contributed by atoms with Gasteiger partial charge in [-0.3, -0.25) is 28.9 Å². The van der Waals surface area contributed by atoms with Gasteiger partial charge in [0.25, 0.3) is 18.3 Å². The minimum Gasteiger partial charge on any atom is -1.00 e. The van der Waals surface area contributed by atoms with Gasteiger partial charge in [0.15, 0.2) is 34.6 Å². The van der Waals surface area contributed by atoms with E-state index in [2.05, 4.69) is 4.89 Å². The molecule has 0 aromatic heterocycles. The van der Waals surface area contributed by atoms with E-state index in [4.69, 9.17) is 50.1 Å². The molecule has 3 heterocycles. The number of rotatable bonds is 8. The number of amides is 2. The quantitative estimate of drug-likeness (QED) is 0.0411. The molecule has 0 saturated carbocycles. The van der Waals surface area contributed by atoms with E-state index in [1.165, 1.54) is 4.90 Å². The Bertz CT molecular complexity index is 2670. The van der Waals surface area contributed by atoms with Crippen molar-refractivity contribution < 1.29 is 167 Å². The molecule has 0 spiro atoms. The van der Waals surface area contributed by atoms with Gasteiger partial charge in [0.05, 0.1) is 38.3 Å². The van der Waals surface area contributed by atoms with Crippen LogP contribution in [-0.4, -0.2) is 62.6 Å². The van der Waals surface area contributed by atoms with Gasteiger partial charge in [-0.05, 0) is 82.9 Å². The van der Waals surface area contributed by atoms with E-state index < -0.39 is 0 Å². The van der Waals surface area contributed by atoms with Crippen LogP contribution in [-0.2, 0) is 22.1 Å². The average Bonchev–Trinajstić information content (AvgIpc) is 4.12. The molecule has 2 amide bonds. The molecule has 0 bridgehead atoms. The number of carbonyl (C=O) groups is 5. The Labute approximate surface area is 465 Å². The summed E-state index contributed by atoms with van der Waals surface area (Å²) >= 11 is 5.89. The summed E-state index contributed by atoms with van der Waals surface area (Å²) in [5, 5.41) is 8.43. The number of fused-ring (bicyclic) bond motifs is 4. The van der Waals surface area contributed by atoms with Gasteiger partial charge >= 0.3 is 103 Å². The number of carbonyl (C=O) groups excluding carboxylic acids is 5. The molecule has 0 atom stereocenters. The summed E-state index contributed by atoms with van der Waals surface area (Å²) in [5.74, 6) is 4.25. The van der Waals surface area contributed by atoms with Crippen LogP contribution in [0.4, 0.5) is 0 Å². The maximum atomic E-state index is 12.7. The molecule has 322 valence electrons. The Hall–Kier alpha value is -4.41. The number of nitrogens with zero attached hydrogens (tertiary/aromatic N) is 1. The maximum absolute atomic E-state index is 12.7. The fraction of sp³-hybridized carbons (Fsp3) is 0.146. The van der Waals surface area contributed by atoms with Crippen LogP contribution in [0, 0.1) is 0 Å². The molecule has 14 nitrogen and oxygen atoms in total. The van der Waals surface area contributed by atoms with Gasteiger partial charge in [-0.15, -0.1) is 11.6 Å². The minimum absolute atomic E-state index is 0. The first kappa shape index (κ1) is 51.6. The topological polar surface area (TPSA) is 176 Å². The number of methoxy groups -OCH3 is 2. The van der Waals surface area contributed by atoms with Gasteiger partial charge in [-0.25, -0.2) is 0 Å². The Morgan fingerprint density at radius 3 is 1.43 bits per heavy atom. The zero-order chi connectivity index (χ0) is 44.5. The summed E-state index contributed by atoms with van der Waals surface area (Å²) in [7, 11) is 3.27. The molecule has 3 aliphatic heterocycles. The largest absolute Gasteiger partial charge is 1.00 e.